The molecule has 0 saturated carbocycles. The van der Waals surface area contributed by atoms with Crippen LogP contribution in [0.2, 0.25) is 0 Å². The van der Waals surface area contributed by atoms with Crippen molar-refractivity contribution in [2.45, 2.75) is 4.90 Å². The lowest BCUT2D eigenvalue weighted by Crippen LogP contribution is -2.20. The summed E-state index contributed by atoms with van der Waals surface area (Å²) in [4.78, 5) is 0.0972. The summed E-state index contributed by atoms with van der Waals surface area (Å²) in [5.74, 6) is 0. The van der Waals surface area contributed by atoms with E-state index in [1.165, 1.54) is 21.6 Å². The minimum atomic E-state index is -3.96. The molecule has 0 aliphatic carbocycles. The molecule has 0 aliphatic rings. The summed E-state index contributed by atoms with van der Waals surface area (Å²) < 4.78 is 33.5. The van der Waals surface area contributed by atoms with Gasteiger partial charge in [-0.1, -0.05) is 97.6 Å². The van der Waals surface area contributed by atoms with E-state index in [-0.39, 0.29) is 4.90 Å². The lowest BCUT2D eigenvalue weighted by Gasteiger charge is -2.10. The quantitative estimate of drug-likeness (QED) is 0.242. The predicted molar refractivity (Wildman–Crippen MR) is 156 cm³/mol. The maximum atomic E-state index is 12.7. The third kappa shape index (κ3) is 4.28. The van der Waals surface area contributed by atoms with Crippen LogP contribution < -0.4 is 4.28 Å². The summed E-state index contributed by atoms with van der Waals surface area (Å²) in [5, 5.41) is 13.9. The van der Waals surface area contributed by atoms with Crippen molar-refractivity contribution < 1.29 is 17.9 Å². The molecule has 5 aromatic carbocycles. The summed E-state index contributed by atoms with van der Waals surface area (Å²) >= 11 is 0. The van der Waals surface area contributed by atoms with Crippen molar-refractivity contribution in [2.24, 2.45) is 0 Å². The van der Waals surface area contributed by atoms with Crippen molar-refractivity contribution >= 4 is 59.8 Å². The second-order valence-corrected chi connectivity index (χ2v) is 10.5. The van der Waals surface area contributed by atoms with Gasteiger partial charge in [0.2, 0.25) is 0 Å². The van der Waals surface area contributed by atoms with Gasteiger partial charge in [0.25, 0.3) is 0 Å². The van der Waals surface area contributed by atoms with Crippen LogP contribution in [0.25, 0.3) is 49.7 Å². The maximum Gasteiger partial charge on any atom is 0.357 e. The third-order valence-electron chi connectivity index (χ3n) is 6.67. The topological polar surface area (TPSA) is 73.5 Å². The zero-order valence-electron chi connectivity index (χ0n) is 20.8. The molecule has 0 saturated heterocycles. The van der Waals surface area contributed by atoms with Crippen LogP contribution >= 0.6 is 0 Å². The largest absolute Gasteiger partial charge is 0.428 e. The standard InChI is InChI=1S/C20H15NO3S.C12H9NO/c1-2-15-11-13-16(14-12-15)25(22,23)24-21-19-9-5-3-7-17(19)18-8-4-6-10-20(18)21;14-13-11-7-3-1-5-9(11)10-6-2-4-8-12(10)13/h2-14H,1H2;1-8,14H. The molecule has 6 nitrogen and oxygen atoms in total. The SMILES string of the molecule is C=Cc1ccc(S(=O)(=O)On2c3ccccc3c3ccccc32)cc1.On1c2ccccc2c2ccccc21. The number of nitrogens with zero attached hydrogens (tertiary/aromatic N) is 2. The van der Waals surface area contributed by atoms with Gasteiger partial charge in [0.1, 0.15) is 4.90 Å². The first-order chi connectivity index (χ1) is 19.0. The molecule has 0 radical (unpaired) electrons. The number of rotatable bonds is 4. The highest BCUT2D eigenvalue weighted by Crippen LogP contribution is 2.29. The average molecular weight is 533 g/mol. The lowest BCUT2D eigenvalue weighted by atomic mass is 10.2. The highest BCUT2D eigenvalue weighted by Gasteiger charge is 2.20. The lowest BCUT2D eigenvalue weighted by molar-refractivity contribution is 0.213. The van der Waals surface area contributed by atoms with Gasteiger partial charge in [0.05, 0.1) is 22.1 Å². The van der Waals surface area contributed by atoms with Gasteiger partial charge in [-0.2, -0.15) is 17.9 Å². The second kappa shape index (κ2) is 9.70. The summed E-state index contributed by atoms with van der Waals surface area (Å²) in [7, 11) is -3.96. The fourth-order valence-corrected chi connectivity index (χ4v) is 5.69. The number of hydrogen-bond acceptors (Lipinski definition) is 4. The molecule has 0 bridgehead atoms. The van der Waals surface area contributed by atoms with Crippen LogP contribution in [0.1, 0.15) is 5.56 Å². The number of fused-ring (bicyclic) bond motifs is 6. The number of hydrogen-bond donors (Lipinski definition) is 1. The highest BCUT2D eigenvalue weighted by molar-refractivity contribution is 7.87. The fourth-order valence-electron chi connectivity index (χ4n) is 4.78. The molecular weight excluding hydrogens is 508 g/mol. The Morgan fingerprint density at radius 1 is 0.590 bits per heavy atom. The van der Waals surface area contributed by atoms with Crippen LogP contribution in [0.4, 0.5) is 0 Å². The zero-order chi connectivity index (χ0) is 27.0. The van der Waals surface area contributed by atoms with E-state index >= 15 is 0 Å². The Bertz CT molecular complexity index is 1980. The molecule has 1 N–H and O–H groups in total. The van der Waals surface area contributed by atoms with Gasteiger partial charge in [-0.25, -0.2) is 0 Å². The second-order valence-electron chi connectivity index (χ2n) is 8.98. The van der Waals surface area contributed by atoms with Gasteiger partial charge in [-0.3, -0.25) is 4.28 Å². The van der Waals surface area contributed by atoms with Crippen LogP contribution in [0.5, 0.6) is 0 Å². The Labute approximate surface area is 225 Å². The minimum Gasteiger partial charge on any atom is -0.428 e. The number of aromatic nitrogens is 2. The molecule has 0 spiro atoms. The molecule has 192 valence electrons. The van der Waals surface area contributed by atoms with E-state index in [0.717, 1.165) is 38.1 Å². The molecule has 7 heteroatoms. The summed E-state index contributed by atoms with van der Waals surface area (Å²) in [6.07, 6.45) is 1.66. The zero-order valence-corrected chi connectivity index (χ0v) is 21.6. The Morgan fingerprint density at radius 2 is 0.974 bits per heavy atom. The summed E-state index contributed by atoms with van der Waals surface area (Å²) in [5.41, 5.74) is 3.96. The van der Waals surface area contributed by atoms with E-state index in [4.69, 9.17) is 4.28 Å². The molecule has 0 fully saturated rings. The Morgan fingerprint density at radius 3 is 1.41 bits per heavy atom. The van der Waals surface area contributed by atoms with Crippen molar-refractivity contribution in [1.82, 2.24) is 9.46 Å². The van der Waals surface area contributed by atoms with Gasteiger partial charge >= 0.3 is 10.1 Å². The molecule has 0 amide bonds. The van der Waals surface area contributed by atoms with Gasteiger partial charge in [-0.05, 0) is 42.0 Å². The average Bonchev–Trinajstić information content (AvgIpc) is 3.46. The van der Waals surface area contributed by atoms with Gasteiger partial charge in [-0.15, -0.1) is 0 Å². The van der Waals surface area contributed by atoms with E-state index in [2.05, 4.69) is 6.58 Å². The minimum absolute atomic E-state index is 0.0972. The first kappa shape index (κ1) is 24.3. The van der Waals surface area contributed by atoms with Crippen molar-refractivity contribution in [1.29, 1.82) is 0 Å². The molecule has 0 unspecified atom stereocenters. The van der Waals surface area contributed by atoms with Crippen LogP contribution in [0, 0.1) is 0 Å². The monoisotopic (exact) mass is 532 g/mol. The smallest absolute Gasteiger partial charge is 0.357 e. The van der Waals surface area contributed by atoms with Gasteiger partial charge in [0, 0.05) is 21.5 Å². The molecule has 39 heavy (non-hydrogen) atoms. The van der Waals surface area contributed by atoms with E-state index in [0.29, 0.717) is 11.0 Å². The summed E-state index contributed by atoms with van der Waals surface area (Å²) in [6.45, 7) is 3.67. The molecule has 2 aromatic heterocycles. The van der Waals surface area contributed by atoms with Crippen LogP contribution in [-0.4, -0.2) is 23.1 Å². The Kier molecular flexibility index (Phi) is 6.05. The van der Waals surface area contributed by atoms with E-state index < -0.39 is 10.1 Å². The predicted octanol–water partition coefficient (Wildman–Crippen LogP) is 7.29. The molecule has 7 rings (SSSR count). The van der Waals surface area contributed by atoms with Gasteiger partial charge in [0.15, 0.2) is 0 Å². The third-order valence-corrected chi connectivity index (χ3v) is 7.86. The van der Waals surface area contributed by atoms with Crippen molar-refractivity contribution in [3.63, 3.8) is 0 Å². The van der Waals surface area contributed by atoms with E-state index in [1.807, 2.05) is 97.1 Å². The Hall–Kier alpha value is -5.01. The molecular formula is C32H24N2O4S. The van der Waals surface area contributed by atoms with Crippen molar-refractivity contribution in [3.05, 3.63) is 133 Å². The van der Waals surface area contributed by atoms with Crippen LogP contribution in [0.3, 0.4) is 0 Å². The van der Waals surface area contributed by atoms with E-state index in [9.17, 15) is 13.6 Å². The first-order valence-electron chi connectivity index (χ1n) is 12.3. The maximum absolute atomic E-state index is 12.7. The van der Waals surface area contributed by atoms with Crippen LogP contribution in [-0.2, 0) is 10.1 Å². The molecule has 0 atom stereocenters. The highest BCUT2D eigenvalue weighted by atomic mass is 32.2. The first-order valence-corrected chi connectivity index (χ1v) is 13.7. The number of benzene rings is 5. The Balaban J connectivity index is 0.000000166. The van der Waals surface area contributed by atoms with Crippen molar-refractivity contribution in [2.75, 3.05) is 0 Å². The van der Waals surface area contributed by atoms with E-state index in [1.54, 1.807) is 18.2 Å². The normalized spacial score (nSPS) is 11.5. The van der Waals surface area contributed by atoms with Gasteiger partial charge < -0.3 is 5.21 Å². The van der Waals surface area contributed by atoms with Crippen LogP contribution in [0.15, 0.2) is 133 Å². The molecule has 7 aromatic rings. The summed E-state index contributed by atoms with van der Waals surface area (Å²) in [6, 6.07) is 37.2. The van der Waals surface area contributed by atoms with Crippen molar-refractivity contribution in [3.8, 4) is 0 Å². The fraction of sp³-hybridized carbons (Fsp3) is 0. The molecule has 2 heterocycles. The number of para-hydroxylation sites is 4. The molecule has 0 aliphatic heterocycles.